The van der Waals surface area contributed by atoms with Gasteiger partial charge in [0.1, 0.15) is 4.83 Å². The summed E-state index contributed by atoms with van der Waals surface area (Å²) in [7, 11) is 0. The largest absolute Gasteiger partial charge is 0.369 e. The van der Waals surface area contributed by atoms with Gasteiger partial charge < -0.3 is 10.7 Å². The highest BCUT2D eigenvalue weighted by Crippen LogP contribution is 2.31. The summed E-state index contributed by atoms with van der Waals surface area (Å²) in [5, 5.41) is 0.709. The zero-order valence-electron chi connectivity index (χ0n) is 13.2. The summed E-state index contributed by atoms with van der Waals surface area (Å²) in [5.41, 5.74) is 6.22. The van der Waals surface area contributed by atoms with Crippen molar-refractivity contribution >= 4 is 39.2 Å². The Kier molecular flexibility index (Phi) is 5.28. The molecule has 0 unspecified atom stereocenters. The number of H-pyrrole nitrogens is 1. The van der Waals surface area contributed by atoms with Gasteiger partial charge in [0.25, 0.3) is 5.56 Å². The number of hydrogen-bond acceptors (Lipinski definition) is 5. The first-order valence-corrected chi connectivity index (χ1v) is 9.01. The first kappa shape index (κ1) is 17.0. The molecule has 22 heavy (non-hydrogen) atoms. The van der Waals surface area contributed by atoms with Crippen LogP contribution in [0.4, 0.5) is 0 Å². The topological polar surface area (TPSA) is 88.8 Å². The number of rotatable bonds is 6. The molecule has 0 saturated heterocycles. The molecule has 0 aliphatic carbocycles. The summed E-state index contributed by atoms with van der Waals surface area (Å²) in [6.07, 6.45) is 1.96. The highest BCUT2D eigenvalue weighted by molar-refractivity contribution is 8.00. The molecule has 0 aliphatic heterocycles. The number of fused-ring (bicyclic) bond motifs is 1. The van der Waals surface area contributed by atoms with E-state index in [4.69, 9.17) is 5.73 Å². The second kappa shape index (κ2) is 6.83. The fraction of sp³-hybridized carbons (Fsp3) is 0.533. The van der Waals surface area contributed by atoms with Gasteiger partial charge in [-0.15, -0.1) is 11.3 Å². The molecule has 2 aromatic rings. The molecule has 0 aromatic carbocycles. The summed E-state index contributed by atoms with van der Waals surface area (Å²) < 4.78 is 0. The SMILES string of the molecule is CC[C@@H](C)Cc1c(C)sc2nc(S[C@@H](C)C(N)=O)[nH]c(=O)c12. The number of hydrogen-bond donors (Lipinski definition) is 2. The van der Waals surface area contributed by atoms with Gasteiger partial charge in [0.05, 0.1) is 10.6 Å². The average molecular weight is 339 g/mol. The third kappa shape index (κ3) is 3.52. The minimum absolute atomic E-state index is 0.133. The third-order valence-electron chi connectivity index (χ3n) is 3.78. The Morgan fingerprint density at radius 1 is 1.45 bits per heavy atom. The number of amides is 1. The van der Waals surface area contributed by atoms with Crippen molar-refractivity contribution in [1.82, 2.24) is 9.97 Å². The Hall–Kier alpha value is -1.34. The van der Waals surface area contributed by atoms with Crippen LogP contribution in [0.15, 0.2) is 9.95 Å². The van der Waals surface area contributed by atoms with Crippen molar-refractivity contribution in [2.75, 3.05) is 0 Å². The number of carbonyl (C=O) groups excluding carboxylic acids is 1. The molecule has 5 nitrogen and oxygen atoms in total. The van der Waals surface area contributed by atoms with Crippen LogP contribution in [0.25, 0.3) is 10.2 Å². The van der Waals surface area contributed by atoms with Gasteiger partial charge in [0, 0.05) is 4.88 Å². The molecule has 0 bridgehead atoms. The Bertz CT molecular complexity index is 751. The predicted molar refractivity (Wildman–Crippen MR) is 92.7 cm³/mol. The summed E-state index contributed by atoms with van der Waals surface area (Å²) >= 11 is 2.71. The van der Waals surface area contributed by atoms with E-state index in [9.17, 15) is 9.59 Å². The number of aromatic amines is 1. The first-order chi connectivity index (χ1) is 10.3. The summed E-state index contributed by atoms with van der Waals surface area (Å²) in [5.74, 6) is 0.104. The standard InChI is InChI=1S/C15H21N3O2S2/c1-5-7(2)6-10-8(3)21-14-11(10)13(20)17-15(18-14)22-9(4)12(16)19/h7,9H,5-6H2,1-4H3,(H2,16,19)(H,17,18,20)/t7-,9+/m1/s1. The Labute approximate surface area is 137 Å². The molecule has 0 saturated carbocycles. The van der Waals surface area contributed by atoms with E-state index in [1.165, 1.54) is 23.1 Å². The van der Waals surface area contributed by atoms with Gasteiger partial charge >= 0.3 is 0 Å². The monoisotopic (exact) mass is 339 g/mol. The number of aryl methyl sites for hydroxylation is 1. The lowest BCUT2D eigenvalue weighted by atomic mass is 9.98. The van der Waals surface area contributed by atoms with E-state index in [0.29, 0.717) is 16.5 Å². The molecular formula is C15H21N3O2S2. The number of thioether (sulfide) groups is 1. The number of carbonyl (C=O) groups is 1. The van der Waals surface area contributed by atoms with Crippen molar-refractivity contribution in [3.8, 4) is 0 Å². The number of primary amides is 1. The van der Waals surface area contributed by atoms with E-state index in [0.717, 1.165) is 28.1 Å². The molecule has 0 radical (unpaired) electrons. The van der Waals surface area contributed by atoms with E-state index >= 15 is 0 Å². The lowest BCUT2D eigenvalue weighted by Gasteiger charge is -2.08. The molecule has 0 aliphatic rings. The van der Waals surface area contributed by atoms with E-state index in [2.05, 4.69) is 23.8 Å². The number of nitrogens with zero attached hydrogens (tertiary/aromatic N) is 1. The van der Waals surface area contributed by atoms with Crippen LogP contribution >= 0.6 is 23.1 Å². The Balaban J connectivity index is 2.45. The van der Waals surface area contributed by atoms with Crippen LogP contribution in [0.3, 0.4) is 0 Å². The predicted octanol–water partition coefficient (Wildman–Crippen LogP) is 2.85. The number of nitrogens with one attached hydrogen (secondary N) is 1. The molecular weight excluding hydrogens is 318 g/mol. The number of thiophene rings is 1. The van der Waals surface area contributed by atoms with Gasteiger partial charge in [0.15, 0.2) is 5.16 Å². The zero-order valence-corrected chi connectivity index (χ0v) is 14.9. The summed E-state index contributed by atoms with van der Waals surface area (Å²) in [6, 6.07) is 0. The molecule has 2 aromatic heterocycles. The van der Waals surface area contributed by atoms with Crippen molar-refractivity contribution in [2.45, 2.75) is 50.9 Å². The van der Waals surface area contributed by atoms with Gasteiger partial charge in [-0.05, 0) is 31.7 Å². The van der Waals surface area contributed by atoms with E-state index in [1.807, 2.05) is 6.92 Å². The molecule has 0 fully saturated rings. The van der Waals surface area contributed by atoms with Gasteiger partial charge in [-0.2, -0.15) is 0 Å². The third-order valence-corrected chi connectivity index (χ3v) is 5.82. The second-order valence-corrected chi connectivity index (χ2v) is 8.10. The van der Waals surface area contributed by atoms with Crippen molar-refractivity contribution < 1.29 is 4.79 Å². The first-order valence-electron chi connectivity index (χ1n) is 7.31. The highest BCUT2D eigenvalue weighted by atomic mass is 32.2. The molecule has 1 amide bonds. The fourth-order valence-electron chi connectivity index (χ4n) is 2.18. The van der Waals surface area contributed by atoms with Crippen molar-refractivity contribution in [3.63, 3.8) is 0 Å². The quantitative estimate of drug-likeness (QED) is 0.625. The van der Waals surface area contributed by atoms with Crippen molar-refractivity contribution in [2.24, 2.45) is 11.7 Å². The minimum Gasteiger partial charge on any atom is -0.369 e. The van der Waals surface area contributed by atoms with Crippen LogP contribution in [0.1, 0.15) is 37.6 Å². The van der Waals surface area contributed by atoms with Gasteiger partial charge in [0.2, 0.25) is 5.91 Å². The highest BCUT2D eigenvalue weighted by Gasteiger charge is 2.18. The van der Waals surface area contributed by atoms with E-state index < -0.39 is 11.2 Å². The van der Waals surface area contributed by atoms with Crippen LogP contribution in [0.5, 0.6) is 0 Å². The maximum Gasteiger partial charge on any atom is 0.260 e. The van der Waals surface area contributed by atoms with Crippen LogP contribution < -0.4 is 11.3 Å². The molecule has 2 heterocycles. The smallest absolute Gasteiger partial charge is 0.260 e. The molecule has 7 heteroatoms. The van der Waals surface area contributed by atoms with Crippen molar-refractivity contribution in [1.29, 1.82) is 0 Å². The van der Waals surface area contributed by atoms with Gasteiger partial charge in [-0.3, -0.25) is 9.59 Å². The maximum absolute atomic E-state index is 12.4. The van der Waals surface area contributed by atoms with Gasteiger partial charge in [-0.1, -0.05) is 32.0 Å². The van der Waals surface area contributed by atoms with E-state index in [-0.39, 0.29) is 5.56 Å². The normalized spacial score (nSPS) is 14.2. The Morgan fingerprint density at radius 3 is 2.73 bits per heavy atom. The summed E-state index contributed by atoms with van der Waals surface area (Å²) in [6.45, 7) is 8.06. The van der Waals surface area contributed by atoms with Crippen LogP contribution in [-0.4, -0.2) is 21.1 Å². The number of aromatic nitrogens is 2. The zero-order chi connectivity index (χ0) is 16.4. The van der Waals surface area contributed by atoms with E-state index in [1.54, 1.807) is 6.92 Å². The lowest BCUT2D eigenvalue weighted by molar-refractivity contribution is -0.117. The van der Waals surface area contributed by atoms with Crippen LogP contribution in [-0.2, 0) is 11.2 Å². The minimum atomic E-state index is -0.429. The maximum atomic E-state index is 12.4. The van der Waals surface area contributed by atoms with Crippen LogP contribution in [0.2, 0.25) is 0 Å². The lowest BCUT2D eigenvalue weighted by Crippen LogP contribution is -2.23. The second-order valence-electron chi connectivity index (χ2n) is 5.57. The molecule has 120 valence electrons. The number of nitrogens with two attached hydrogens (primary N) is 1. The Morgan fingerprint density at radius 2 is 2.14 bits per heavy atom. The molecule has 2 atom stereocenters. The van der Waals surface area contributed by atoms with Gasteiger partial charge in [-0.25, -0.2) is 4.98 Å². The average Bonchev–Trinajstić information content (AvgIpc) is 2.74. The van der Waals surface area contributed by atoms with Crippen LogP contribution in [0, 0.1) is 12.8 Å². The summed E-state index contributed by atoms with van der Waals surface area (Å²) in [4.78, 5) is 32.7. The molecule has 2 rings (SSSR count). The van der Waals surface area contributed by atoms with Crippen molar-refractivity contribution in [3.05, 3.63) is 20.8 Å². The fourth-order valence-corrected chi connectivity index (χ4v) is 4.03. The molecule has 3 N–H and O–H groups in total. The molecule has 0 spiro atoms.